The second-order valence-electron chi connectivity index (χ2n) is 7.09. The Labute approximate surface area is 164 Å². The minimum absolute atomic E-state index is 0.0928. The van der Waals surface area contributed by atoms with Crippen molar-refractivity contribution in [2.45, 2.75) is 32.4 Å². The highest BCUT2D eigenvalue weighted by Gasteiger charge is 2.21. The van der Waals surface area contributed by atoms with Crippen molar-refractivity contribution in [3.8, 4) is 11.4 Å². The van der Waals surface area contributed by atoms with Crippen LogP contribution in [0.1, 0.15) is 25.6 Å². The third kappa shape index (κ3) is 3.66. The van der Waals surface area contributed by atoms with Crippen molar-refractivity contribution in [3.63, 3.8) is 0 Å². The van der Waals surface area contributed by atoms with Crippen molar-refractivity contribution in [3.05, 3.63) is 64.7 Å². The molecule has 6 nitrogen and oxygen atoms in total. The Morgan fingerprint density at radius 3 is 2.61 bits per heavy atom. The highest BCUT2D eigenvalue weighted by Crippen LogP contribution is 2.24. The largest absolute Gasteiger partial charge is 0.492 e. The maximum Gasteiger partial charge on any atom is 0.266 e. The lowest BCUT2D eigenvalue weighted by atomic mass is 10.1. The predicted octanol–water partition coefficient (Wildman–Crippen LogP) is 2.74. The topological polar surface area (TPSA) is 67.6 Å². The predicted molar refractivity (Wildman–Crippen MR) is 109 cm³/mol. The van der Waals surface area contributed by atoms with Gasteiger partial charge in [0.15, 0.2) is 0 Å². The van der Waals surface area contributed by atoms with E-state index in [1.807, 2.05) is 55.5 Å². The summed E-state index contributed by atoms with van der Waals surface area (Å²) in [6.07, 6.45) is 1.25. The molecule has 146 valence electrons. The quantitative estimate of drug-likeness (QED) is 0.738. The van der Waals surface area contributed by atoms with Gasteiger partial charge in [-0.05, 0) is 44.0 Å². The van der Waals surface area contributed by atoms with E-state index in [9.17, 15) is 9.90 Å². The molecule has 4 rings (SSSR count). The summed E-state index contributed by atoms with van der Waals surface area (Å²) in [5.41, 5.74) is 1.31. The zero-order chi connectivity index (χ0) is 19.5. The summed E-state index contributed by atoms with van der Waals surface area (Å²) < 4.78 is 7.46. The highest BCUT2D eigenvalue weighted by atomic mass is 16.5. The van der Waals surface area contributed by atoms with Crippen molar-refractivity contribution in [1.82, 2.24) is 14.5 Å². The fraction of sp³-hybridized carbons (Fsp3) is 0.364. The monoisotopic (exact) mass is 379 g/mol. The second-order valence-corrected chi connectivity index (χ2v) is 7.09. The molecule has 0 radical (unpaired) electrons. The molecule has 3 aromatic rings. The molecule has 0 spiro atoms. The van der Waals surface area contributed by atoms with Gasteiger partial charge in [-0.3, -0.25) is 14.3 Å². The molecule has 0 aliphatic carbocycles. The van der Waals surface area contributed by atoms with Gasteiger partial charge in [0.25, 0.3) is 5.56 Å². The molecule has 28 heavy (non-hydrogen) atoms. The molecule has 1 fully saturated rings. The van der Waals surface area contributed by atoms with Gasteiger partial charge < -0.3 is 9.84 Å². The first kappa shape index (κ1) is 18.7. The Balaban J connectivity index is 1.86. The fourth-order valence-electron chi connectivity index (χ4n) is 3.73. The van der Waals surface area contributed by atoms with Gasteiger partial charge in [-0.1, -0.05) is 24.3 Å². The first-order valence-electron chi connectivity index (χ1n) is 9.80. The van der Waals surface area contributed by atoms with E-state index in [0.717, 1.165) is 25.9 Å². The van der Waals surface area contributed by atoms with E-state index in [-0.39, 0.29) is 11.7 Å². The standard InChI is InChI=1S/C22H25N3O3/c1-2-28-20-10-6-5-9-19(20)25-21(15-24-13-11-16(26)12-14-24)23-18-8-4-3-7-17(18)22(25)27/h3-10,16,26H,2,11-15H2,1H3. The normalized spacial score (nSPS) is 15.8. The number of nitrogens with zero attached hydrogens (tertiary/aromatic N) is 3. The van der Waals surface area contributed by atoms with Gasteiger partial charge in [0.2, 0.25) is 0 Å². The van der Waals surface area contributed by atoms with Gasteiger partial charge in [-0.2, -0.15) is 0 Å². The smallest absolute Gasteiger partial charge is 0.266 e. The van der Waals surface area contributed by atoms with E-state index in [1.54, 1.807) is 4.57 Å². The number of ether oxygens (including phenoxy) is 1. The van der Waals surface area contributed by atoms with Gasteiger partial charge in [0.05, 0.1) is 35.8 Å². The number of aromatic nitrogens is 2. The minimum Gasteiger partial charge on any atom is -0.492 e. The van der Waals surface area contributed by atoms with Crippen molar-refractivity contribution in [1.29, 1.82) is 0 Å². The molecule has 1 aliphatic heterocycles. The molecule has 0 amide bonds. The summed E-state index contributed by atoms with van der Waals surface area (Å²) in [4.78, 5) is 20.5. The number of likely N-dealkylation sites (tertiary alicyclic amines) is 1. The summed E-state index contributed by atoms with van der Waals surface area (Å²) >= 11 is 0. The summed E-state index contributed by atoms with van der Waals surface area (Å²) in [6, 6.07) is 15.0. The SMILES string of the molecule is CCOc1ccccc1-n1c(CN2CCC(O)CC2)nc2ccccc2c1=O. The van der Waals surface area contributed by atoms with E-state index >= 15 is 0 Å². The summed E-state index contributed by atoms with van der Waals surface area (Å²) in [5, 5.41) is 10.4. The molecule has 1 aromatic heterocycles. The maximum atomic E-state index is 13.4. The number of hydrogen-bond donors (Lipinski definition) is 1. The van der Waals surface area contributed by atoms with Gasteiger partial charge in [0, 0.05) is 13.1 Å². The third-order valence-electron chi connectivity index (χ3n) is 5.17. The molecule has 1 aliphatic rings. The van der Waals surface area contributed by atoms with E-state index in [2.05, 4.69) is 4.90 Å². The number of benzene rings is 2. The minimum atomic E-state index is -0.235. The number of hydrogen-bond acceptors (Lipinski definition) is 5. The van der Waals surface area contributed by atoms with Crippen LogP contribution in [-0.2, 0) is 6.54 Å². The lowest BCUT2D eigenvalue weighted by Gasteiger charge is -2.30. The second kappa shape index (κ2) is 8.12. The van der Waals surface area contributed by atoms with Crippen LogP contribution in [0.4, 0.5) is 0 Å². The number of para-hydroxylation sites is 3. The van der Waals surface area contributed by atoms with Crippen LogP contribution in [-0.4, -0.2) is 45.4 Å². The molecular formula is C22H25N3O3. The van der Waals surface area contributed by atoms with E-state index < -0.39 is 0 Å². The van der Waals surface area contributed by atoms with Gasteiger partial charge >= 0.3 is 0 Å². The van der Waals surface area contributed by atoms with Crippen molar-refractivity contribution < 1.29 is 9.84 Å². The van der Waals surface area contributed by atoms with E-state index in [4.69, 9.17) is 9.72 Å². The van der Waals surface area contributed by atoms with Crippen molar-refractivity contribution in [2.24, 2.45) is 0 Å². The molecule has 0 saturated carbocycles. The number of fused-ring (bicyclic) bond motifs is 1. The number of aliphatic hydroxyl groups is 1. The molecule has 0 unspecified atom stereocenters. The molecular weight excluding hydrogens is 354 g/mol. The van der Waals surface area contributed by atoms with E-state index in [1.165, 1.54) is 0 Å². The highest BCUT2D eigenvalue weighted by molar-refractivity contribution is 5.78. The van der Waals surface area contributed by atoms with Crippen LogP contribution in [0.5, 0.6) is 5.75 Å². The zero-order valence-corrected chi connectivity index (χ0v) is 16.0. The summed E-state index contributed by atoms with van der Waals surface area (Å²) in [6.45, 7) is 4.57. The average Bonchev–Trinajstić information content (AvgIpc) is 2.71. The lowest BCUT2D eigenvalue weighted by Crippen LogP contribution is -2.37. The van der Waals surface area contributed by atoms with Crippen LogP contribution in [0.2, 0.25) is 0 Å². The van der Waals surface area contributed by atoms with Crippen LogP contribution in [0.3, 0.4) is 0 Å². The lowest BCUT2D eigenvalue weighted by molar-refractivity contribution is 0.0777. The Morgan fingerprint density at radius 2 is 1.82 bits per heavy atom. The van der Waals surface area contributed by atoms with E-state index in [0.29, 0.717) is 41.3 Å². The Morgan fingerprint density at radius 1 is 1.11 bits per heavy atom. The first-order valence-corrected chi connectivity index (χ1v) is 9.80. The number of aliphatic hydroxyl groups excluding tert-OH is 1. The van der Waals surface area contributed by atoms with Crippen LogP contribution in [0.15, 0.2) is 53.3 Å². The van der Waals surface area contributed by atoms with Crippen LogP contribution in [0.25, 0.3) is 16.6 Å². The number of rotatable bonds is 5. The van der Waals surface area contributed by atoms with Gasteiger partial charge in [-0.25, -0.2) is 4.98 Å². The Hall–Kier alpha value is -2.70. The molecule has 0 atom stereocenters. The number of piperidine rings is 1. The van der Waals surface area contributed by atoms with Crippen LogP contribution >= 0.6 is 0 Å². The van der Waals surface area contributed by atoms with Crippen molar-refractivity contribution in [2.75, 3.05) is 19.7 Å². The third-order valence-corrected chi connectivity index (χ3v) is 5.17. The average molecular weight is 379 g/mol. The van der Waals surface area contributed by atoms with Crippen LogP contribution in [0, 0.1) is 0 Å². The molecule has 1 N–H and O–H groups in total. The van der Waals surface area contributed by atoms with Crippen LogP contribution < -0.4 is 10.3 Å². The summed E-state index contributed by atoms with van der Waals surface area (Å²) in [5.74, 6) is 1.35. The molecule has 1 saturated heterocycles. The molecule has 2 aromatic carbocycles. The zero-order valence-electron chi connectivity index (χ0n) is 16.0. The molecule has 2 heterocycles. The molecule has 0 bridgehead atoms. The Kier molecular flexibility index (Phi) is 5.41. The summed E-state index contributed by atoms with van der Waals surface area (Å²) in [7, 11) is 0. The maximum absolute atomic E-state index is 13.4. The molecule has 6 heteroatoms. The van der Waals surface area contributed by atoms with Gasteiger partial charge in [-0.15, -0.1) is 0 Å². The first-order chi connectivity index (χ1) is 13.7. The van der Waals surface area contributed by atoms with Crippen molar-refractivity contribution >= 4 is 10.9 Å². The fourth-order valence-corrected chi connectivity index (χ4v) is 3.73. The van der Waals surface area contributed by atoms with Gasteiger partial charge in [0.1, 0.15) is 11.6 Å². The Bertz CT molecular complexity index is 1020.